The van der Waals surface area contributed by atoms with Crippen molar-refractivity contribution in [1.82, 2.24) is 25.5 Å². The van der Waals surface area contributed by atoms with Gasteiger partial charge in [0.2, 0.25) is 0 Å². The molecule has 2 atom stereocenters. The van der Waals surface area contributed by atoms with Crippen LogP contribution in [-0.4, -0.2) is 26.8 Å². The molecule has 20 heavy (non-hydrogen) atoms. The van der Waals surface area contributed by atoms with Crippen LogP contribution in [-0.2, 0) is 0 Å². The van der Waals surface area contributed by atoms with Crippen LogP contribution in [0.25, 0.3) is 0 Å². The highest BCUT2D eigenvalue weighted by atomic mass is 15.6. The molecule has 0 amide bonds. The topological polar surface area (TPSA) is 55.6 Å². The zero-order valence-electron chi connectivity index (χ0n) is 12.6. The van der Waals surface area contributed by atoms with Crippen LogP contribution in [0.15, 0.2) is 30.3 Å². The van der Waals surface area contributed by atoms with Crippen molar-refractivity contribution in [3.8, 4) is 0 Å². The summed E-state index contributed by atoms with van der Waals surface area (Å²) in [4.78, 5) is 0. The molecule has 5 heteroatoms. The van der Waals surface area contributed by atoms with Crippen molar-refractivity contribution in [1.29, 1.82) is 0 Å². The first-order valence-corrected chi connectivity index (χ1v) is 7.15. The zero-order valence-corrected chi connectivity index (χ0v) is 12.6. The number of nitrogens with zero attached hydrogens (tertiary/aromatic N) is 4. The lowest BCUT2D eigenvalue weighted by atomic mass is 10.1. The van der Waals surface area contributed by atoms with E-state index in [0.29, 0.717) is 5.92 Å². The number of benzene rings is 1. The predicted octanol–water partition coefficient (Wildman–Crippen LogP) is 2.59. The third kappa shape index (κ3) is 3.42. The molecule has 1 N–H and O–H groups in total. The Kier molecular flexibility index (Phi) is 4.84. The molecular weight excluding hydrogens is 250 g/mol. The number of nitrogens with one attached hydrogen (secondary N) is 1. The first-order valence-electron chi connectivity index (χ1n) is 7.15. The van der Waals surface area contributed by atoms with Gasteiger partial charge in [-0.25, -0.2) is 4.68 Å². The van der Waals surface area contributed by atoms with Gasteiger partial charge in [-0.2, -0.15) is 0 Å². The van der Waals surface area contributed by atoms with Crippen LogP contribution in [0.2, 0.25) is 0 Å². The van der Waals surface area contributed by atoms with Gasteiger partial charge in [0.25, 0.3) is 0 Å². The van der Waals surface area contributed by atoms with E-state index >= 15 is 0 Å². The molecule has 0 fully saturated rings. The third-order valence-electron chi connectivity index (χ3n) is 3.39. The van der Waals surface area contributed by atoms with Crippen molar-refractivity contribution in [2.75, 3.05) is 6.54 Å². The second kappa shape index (κ2) is 6.61. The largest absolute Gasteiger partial charge is 0.307 e. The molecule has 1 heterocycles. The highest BCUT2D eigenvalue weighted by Crippen LogP contribution is 2.20. The number of tetrazole rings is 1. The summed E-state index contributed by atoms with van der Waals surface area (Å²) in [6.07, 6.45) is 0. The summed E-state index contributed by atoms with van der Waals surface area (Å²) in [6, 6.07) is 10.6. The highest BCUT2D eigenvalue weighted by Gasteiger charge is 2.19. The first-order chi connectivity index (χ1) is 9.59. The van der Waals surface area contributed by atoms with E-state index in [0.717, 1.165) is 12.4 Å². The maximum atomic E-state index is 4.18. The Morgan fingerprint density at radius 3 is 2.45 bits per heavy atom. The molecule has 0 spiro atoms. The van der Waals surface area contributed by atoms with Gasteiger partial charge < -0.3 is 5.32 Å². The van der Waals surface area contributed by atoms with Crippen molar-refractivity contribution >= 4 is 0 Å². The molecule has 2 unspecified atom stereocenters. The zero-order chi connectivity index (χ0) is 14.5. The van der Waals surface area contributed by atoms with Gasteiger partial charge in [0.15, 0.2) is 5.82 Å². The van der Waals surface area contributed by atoms with E-state index in [-0.39, 0.29) is 12.1 Å². The van der Waals surface area contributed by atoms with E-state index in [9.17, 15) is 0 Å². The maximum absolute atomic E-state index is 4.18. The predicted molar refractivity (Wildman–Crippen MR) is 79.3 cm³/mol. The smallest absolute Gasteiger partial charge is 0.168 e. The van der Waals surface area contributed by atoms with E-state index in [4.69, 9.17) is 0 Å². The van der Waals surface area contributed by atoms with Crippen molar-refractivity contribution in [3.63, 3.8) is 0 Å². The average molecular weight is 273 g/mol. The lowest BCUT2D eigenvalue weighted by molar-refractivity contribution is 0.440. The molecule has 2 rings (SSSR count). The minimum Gasteiger partial charge on any atom is -0.307 e. The van der Waals surface area contributed by atoms with Crippen LogP contribution in [0, 0.1) is 5.92 Å². The van der Waals surface area contributed by atoms with Crippen LogP contribution in [0.5, 0.6) is 0 Å². The normalized spacial score (nSPS) is 14.4. The molecule has 0 aliphatic carbocycles. The summed E-state index contributed by atoms with van der Waals surface area (Å²) in [5.41, 5.74) is 1.21. The Balaban J connectivity index is 2.16. The van der Waals surface area contributed by atoms with Crippen molar-refractivity contribution in [2.45, 2.75) is 39.8 Å². The average Bonchev–Trinajstić information content (AvgIpc) is 2.94. The summed E-state index contributed by atoms with van der Waals surface area (Å²) in [5.74, 6) is 1.48. The van der Waals surface area contributed by atoms with Crippen LogP contribution in [0.1, 0.15) is 51.2 Å². The second-order valence-corrected chi connectivity index (χ2v) is 5.59. The molecule has 108 valence electrons. The van der Waals surface area contributed by atoms with Crippen LogP contribution in [0.3, 0.4) is 0 Å². The van der Waals surface area contributed by atoms with Gasteiger partial charge in [-0.05, 0) is 42.3 Å². The molecule has 1 aromatic heterocycles. The monoisotopic (exact) mass is 273 g/mol. The van der Waals surface area contributed by atoms with Gasteiger partial charge in [-0.1, -0.05) is 44.2 Å². The van der Waals surface area contributed by atoms with Gasteiger partial charge in [0, 0.05) is 0 Å². The summed E-state index contributed by atoms with van der Waals surface area (Å²) < 4.78 is 1.90. The molecule has 2 aromatic rings. The lowest BCUT2D eigenvalue weighted by Crippen LogP contribution is -2.27. The standard InChI is InChI=1S/C15H23N5/c1-11(2)10-16-12(3)15-17-18-19-20(15)13(4)14-8-6-5-7-9-14/h5-9,11-13,16H,10H2,1-4H3. The van der Waals surface area contributed by atoms with E-state index in [1.54, 1.807) is 0 Å². The van der Waals surface area contributed by atoms with Gasteiger partial charge in [0.05, 0.1) is 12.1 Å². The summed E-state index contributed by atoms with van der Waals surface area (Å²) in [6.45, 7) is 9.55. The third-order valence-corrected chi connectivity index (χ3v) is 3.39. The van der Waals surface area contributed by atoms with E-state index in [1.807, 2.05) is 22.9 Å². The number of aromatic nitrogens is 4. The minimum absolute atomic E-state index is 0.129. The quantitative estimate of drug-likeness (QED) is 0.879. The Morgan fingerprint density at radius 2 is 1.80 bits per heavy atom. The van der Waals surface area contributed by atoms with Crippen molar-refractivity contribution in [3.05, 3.63) is 41.7 Å². The Labute approximate surface area is 120 Å². The van der Waals surface area contributed by atoms with Gasteiger partial charge in [-0.3, -0.25) is 0 Å². The Morgan fingerprint density at radius 1 is 1.10 bits per heavy atom. The van der Waals surface area contributed by atoms with Crippen LogP contribution >= 0.6 is 0 Å². The van der Waals surface area contributed by atoms with Gasteiger partial charge in [-0.15, -0.1) is 5.10 Å². The van der Waals surface area contributed by atoms with Crippen LogP contribution in [0.4, 0.5) is 0 Å². The molecule has 0 radical (unpaired) electrons. The summed E-state index contributed by atoms with van der Waals surface area (Å²) in [5, 5.41) is 15.6. The van der Waals surface area contributed by atoms with Crippen molar-refractivity contribution in [2.24, 2.45) is 5.92 Å². The summed E-state index contributed by atoms with van der Waals surface area (Å²) >= 11 is 0. The molecule has 0 aliphatic heterocycles. The first kappa shape index (κ1) is 14.7. The van der Waals surface area contributed by atoms with E-state index in [2.05, 4.69) is 60.7 Å². The fourth-order valence-electron chi connectivity index (χ4n) is 2.14. The lowest BCUT2D eigenvalue weighted by Gasteiger charge is -2.18. The molecule has 0 bridgehead atoms. The van der Waals surface area contributed by atoms with Gasteiger partial charge >= 0.3 is 0 Å². The number of hydrogen-bond acceptors (Lipinski definition) is 4. The fourth-order valence-corrected chi connectivity index (χ4v) is 2.14. The van der Waals surface area contributed by atoms with E-state index in [1.165, 1.54) is 5.56 Å². The Bertz CT molecular complexity index is 520. The number of hydrogen-bond donors (Lipinski definition) is 1. The van der Waals surface area contributed by atoms with Crippen molar-refractivity contribution < 1.29 is 0 Å². The summed E-state index contributed by atoms with van der Waals surface area (Å²) in [7, 11) is 0. The highest BCUT2D eigenvalue weighted by molar-refractivity contribution is 5.19. The fraction of sp³-hybridized carbons (Fsp3) is 0.533. The van der Waals surface area contributed by atoms with Gasteiger partial charge in [0.1, 0.15) is 0 Å². The molecule has 1 aromatic carbocycles. The number of rotatable bonds is 6. The molecule has 0 saturated carbocycles. The van der Waals surface area contributed by atoms with E-state index < -0.39 is 0 Å². The molecule has 0 aliphatic rings. The Hall–Kier alpha value is -1.75. The second-order valence-electron chi connectivity index (χ2n) is 5.59. The SMILES string of the molecule is CC(C)CNC(C)c1nnnn1C(C)c1ccccc1. The maximum Gasteiger partial charge on any atom is 0.168 e. The molecular formula is C15H23N5. The van der Waals surface area contributed by atoms with Crippen LogP contribution < -0.4 is 5.32 Å². The minimum atomic E-state index is 0.129. The molecule has 5 nitrogen and oxygen atoms in total. The molecule has 0 saturated heterocycles.